The molecule has 0 unspecified atom stereocenters. The third kappa shape index (κ3) is 3.54. The van der Waals surface area contributed by atoms with Gasteiger partial charge in [0.2, 0.25) is 0 Å². The van der Waals surface area contributed by atoms with Crippen LogP contribution in [0.25, 0.3) is 11.0 Å². The van der Waals surface area contributed by atoms with Crippen LogP contribution in [0.1, 0.15) is 42.9 Å². The van der Waals surface area contributed by atoms with Gasteiger partial charge in [0.15, 0.2) is 9.84 Å². The van der Waals surface area contributed by atoms with Gasteiger partial charge >= 0.3 is 5.63 Å². The number of hydrogen-bond donors (Lipinski definition) is 1. The first-order valence-electron chi connectivity index (χ1n) is 8.36. The minimum absolute atomic E-state index is 0.0762. The summed E-state index contributed by atoms with van der Waals surface area (Å²) in [6.07, 6.45) is 0.679. The lowest BCUT2D eigenvalue weighted by molar-refractivity contribution is -0.699. The van der Waals surface area contributed by atoms with E-state index in [0.29, 0.717) is 24.5 Å². The highest BCUT2D eigenvalue weighted by molar-refractivity contribution is 7.91. The van der Waals surface area contributed by atoms with Gasteiger partial charge in [0.1, 0.15) is 23.9 Å². The average Bonchev–Trinajstić information content (AvgIpc) is 2.82. The molecule has 2 aromatic rings. The maximum Gasteiger partial charge on any atom is 0.336 e. The molecule has 1 aromatic heterocycles. The fourth-order valence-corrected chi connectivity index (χ4v) is 5.27. The zero-order valence-electron chi connectivity index (χ0n) is 14.3. The van der Waals surface area contributed by atoms with Crippen molar-refractivity contribution in [3.63, 3.8) is 0 Å². The van der Waals surface area contributed by atoms with Crippen LogP contribution in [0.5, 0.6) is 0 Å². The normalized spacial score (nSPS) is 20.1. The molecule has 1 saturated heterocycles. The molecule has 0 radical (unpaired) electrons. The largest absolute Gasteiger partial charge is 0.423 e. The zero-order valence-corrected chi connectivity index (χ0v) is 15.2. The van der Waals surface area contributed by atoms with E-state index in [0.717, 1.165) is 16.5 Å². The molecule has 0 spiro atoms. The minimum atomic E-state index is -2.89. The summed E-state index contributed by atoms with van der Waals surface area (Å²) in [5.74, 6) is 0.878. The van der Waals surface area contributed by atoms with Crippen molar-refractivity contribution in [2.75, 3.05) is 11.5 Å². The van der Waals surface area contributed by atoms with Crippen molar-refractivity contribution < 1.29 is 18.2 Å². The fraction of sp³-hybridized carbons (Fsp3) is 0.500. The highest BCUT2D eigenvalue weighted by atomic mass is 32.2. The lowest BCUT2D eigenvalue weighted by Gasteiger charge is -2.13. The van der Waals surface area contributed by atoms with Crippen molar-refractivity contribution in [3.05, 3.63) is 45.3 Å². The third-order valence-electron chi connectivity index (χ3n) is 4.78. The Hall–Kier alpha value is -1.66. The van der Waals surface area contributed by atoms with Crippen molar-refractivity contribution in [2.24, 2.45) is 0 Å². The molecular formula is C18H24NO4S+. The first-order valence-corrected chi connectivity index (χ1v) is 10.2. The smallest absolute Gasteiger partial charge is 0.336 e. The number of sulfone groups is 1. The summed E-state index contributed by atoms with van der Waals surface area (Å²) in [6, 6.07) is 5.64. The van der Waals surface area contributed by atoms with Crippen molar-refractivity contribution in [1.82, 2.24) is 0 Å². The van der Waals surface area contributed by atoms with Gasteiger partial charge in [-0.05, 0) is 36.1 Å². The predicted octanol–water partition coefficient (Wildman–Crippen LogP) is 1.48. The van der Waals surface area contributed by atoms with Crippen LogP contribution in [0.4, 0.5) is 0 Å². The van der Waals surface area contributed by atoms with Crippen LogP contribution in [0, 0.1) is 6.92 Å². The Balaban J connectivity index is 1.94. The van der Waals surface area contributed by atoms with Gasteiger partial charge in [-0.2, -0.15) is 0 Å². The van der Waals surface area contributed by atoms with E-state index >= 15 is 0 Å². The van der Waals surface area contributed by atoms with Crippen LogP contribution in [0.2, 0.25) is 0 Å². The van der Waals surface area contributed by atoms with Gasteiger partial charge in [0.25, 0.3) is 0 Å². The van der Waals surface area contributed by atoms with Gasteiger partial charge in [-0.25, -0.2) is 13.2 Å². The number of nitrogens with two attached hydrogens (primary N) is 1. The molecule has 1 atom stereocenters. The fourth-order valence-electron chi connectivity index (χ4n) is 3.49. The minimum Gasteiger partial charge on any atom is -0.423 e. The molecule has 0 aliphatic carbocycles. The standard InChI is InChI=1S/C18H23NO4S/c1-11(2)15-8-16-13(7-18(20)23-17(16)6-12(15)3)9-19-14-4-5-24(21,22)10-14/h6-8,11,14,19H,4-5,9-10H2,1-3H3/p+1/t14-/m0/s1. The van der Waals surface area contributed by atoms with Crippen LogP contribution in [0.15, 0.2) is 27.4 Å². The summed E-state index contributed by atoms with van der Waals surface area (Å²) in [5.41, 5.74) is 3.51. The SMILES string of the molecule is Cc1cc2oc(=O)cc(C[NH2+][C@H]3CCS(=O)(=O)C3)c2cc1C(C)C. The second kappa shape index (κ2) is 6.33. The first kappa shape index (κ1) is 17.2. The highest BCUT2D eigenvalue weighted by Gasteiger charge is 2.30. The first-order chi connectivity index (χ1) is 11.2. The van der Waals surface area contributed by atoms with Gasteiger partial charge in [0.05, 0.1) is 5.75 Å². The molecule has 1 aliphatic heterocycles. The predicted molar refractivity (Wildman–Crippen MR) is 94.0 cm³/mol. The Morgan fingerprint density at radius 1 is 1.29 bits per heavy atom. The van der Waals surface area contributed by atoms with Crippen LogP contribution in [-0.2, 0) is 16.4 Å². The quantitative estimate of drug-likeness (QED) is 0.847. The average molecular weight is 350 g/mol. The summed E-state index contributed by atoms with van der Waals surface area (Å²) in [7, 11) is -2.89. The number of hydrogen-bond acceptors (Lipinski definition) is 4. The molecule has 6 heteroatoms. The van der Waals surface area contributed by atoms with Crippen molar-refractivity contribution in [2.45, 2.75) is 45.7 Å². The number of fused-ring (bicyclic) bond motifs is 1. The van der Waals surface area contributed by atoms with Gasteiger partial charge in [-0.15, -0.1) is 0 Å². The highest BCUT2D eigenvalue weighted by Crippen LogP contribution is 2.26. The number of benzene rings is 1. The van der Waals surface area contributed by atoms with Gasteiger partial charge < -0.3 is 9.73 Å². The molecule has 24 heavy (non-hydrogen) atoms. The Bertz CT molecular complexity index is 928. The van der Waals surface area contributed by atoms with E-state index < -0.39 is 9.84 Å². The summed E-state index contributed by atoms with van der Waals surface area (Å²) >= 11 is 0. The Morgan fingerprint density at radius 3 is 2.67 bits per heavy atom. The Kier molecular flexibility index (Phi) is 4.53. The molecule has 1 fully saturated rings. The second-order valence-electron chi connectivity index (χ2n) is 7.05. The van der Waals surface area contributed by atoms with Crippen LogP contribution >= 0.6 is 0 Å². The maximum absolute atomic E-state index is 11.9. The van der Waals surface area contributed by atoms with Crippen molar-refractivity contribution in [1.29, 1.82) is 0 Å². The summed E-state index contributed by atoms with van der Waals surface area (Å²) in [4.78, 5) is 11.9. The van der Waals surface area contributed by atoms with Crippen molar-refractivity contribution in [3.8, 4) is 0 Å². The maximum atomic E-state index is 11.9. The monoisotopic (exact) mass is 350 g/mol. The van der Waals surface area contributed by atoms with E-state index in [1.807, 2.05) is 18.3 Å². The Morgan fingerprint density at radius 2 is 2.04 bits per heavy atom. The molecule has 5 nitrogen and oxygen atoms in total. The summed E-state index contributed by atoms with van der Waals surface area (Å²) < 4.78 is 28.5. The van der Waals surface area contributed by atoms with Crippen LogP contribution in [0.3, 0.4) is 0 Å². The van der Waals surface area contributed by atoms with E-state index in [-0.39, 0.29) is 23.2 Å². The molecule has 0 saturated carbocycles. The molecule has 2 N–H and O–H groups in total. The second-order valence-corrected chi connectivity index (χ2v) is 9.28. The van der Waals surface area contributed by atoms with E-state index in [1.165, 1.54) is 11.6 Å². The van der Waals surface area contributed by atoms with E-state index in [4.69, 9.17) is 4.42 Å². The molecule has 3 rings (SSSR count). The number of rotatable bonds is 4. The van der Waals surface area contributed by atoms with Crippen molar-refractivity contribution >= 4 is 20.8 Å². The molecule has 2 heterocycles. The Labute approximate surface area is 142 Å². The molecule has 1 aromatic carbocycles. The summed E-state index contributed by atoms with van der Waals surface area (Å²) in [5, 5.41) is 2.98. The van der Waals surface area contributed by atoms with Crippen LogP contribution in [-0.4, -0.2) is 26.0 Å². The van der Waals surface area contributed by atoms with Gasteiger partial charge in [-0.1, -0.05) is 13.8 Å². The lowest BCUT2D eigenvalue weighted by Crippen LogP contribution is -2.89. The van der Waals surface area contributed by atoms with Crippen LogP contribution < -0.4 is 10.9 Å². The topological polar surface area (TPSA) is 81.0 Å². The molecule has 1 aliphatic rings. The van der Waals surface area contributed by atoms with E-state index in [2.05, 4.69) is 19.9 Å². The molecule has 0 bridgehead atoms. The summed E-state index contributed by atoms with van der Waals surface area (Å²) in [6.45, 7) is 6.89. The molecule has 130 valence electrons. The number of quaternary nitrogens is 1. The zero-order chi connectivity index (χ0) is 17.5. The third-order valence-corrected chi connectivity index (χ3v) is 6.57. The number of aryl methyl sites for hydroxylation is 1. The van der Waals surface area contributed by atoms with Gasteiger partial charge in [0, 0.05) is 23.4 Å². The molecular weight excluding hydrogens is 326 g/mol. The van der Waals surface area contributed by atoms with E-state index in [1.54, 1.807) is 0 Å². The molecule has 0 amide bonds. The van der Waals surface area contributed by atoms with Gasteiger partial charge in [-0.3, -0.25) is 0 Å². The van der Waals surface area contributed by atoms with E-state index in [9.17, 15) is 13.2 Å². The lowest BCUT2D eigenvalue weighted by atomic mass is 9.95.